The summed E-state index contributed by atoms with van der Waals surface area (Å²) in [5.41, 5.74) is 7.27. The lowest BCUT2D eigenvalue weighted by Crippen LogP contribution is -2.41. The van der Waals surface area contributed by atoms with Gasteiger partial charge >= 0.3 is 0 Å². The van der Waals surface area contributed by atoms with Crippen molar-refractivity contribution in [3.63, 3.8) is 0 Å². The third kappa shape index (κ3) is 3.80. The van der Waals surface area contributed by atoms with Crippen molar-refractivity contribution in [2.45, 2.75) is 31.1 Å². The molecule has 2 aromatic carbocycles. The molecule has 2 amide bonds. The minimum Gasteiger partial charge on any atom is -0.482 e. The second-order valence-corrected chi connectivity index (χ2v) is 13.4. The van der Waals surface area contributed by atoms with E-state index in [0.717, 1.165) is 75.9 Å². The third-order valence-electron chi connectivity index (χ3n) is 10.6. The van der Waals surface area contributed by atoms with E-state index >= 15 is 0 Å². The molecule has 1 saturated heterocycles. The van der Waals surface area contributed by atoms with E-state index in [-0.39, 0.29) is 23.8 Å². The average Bonchev–Trinajstić information content (AvgIpc) is 3.33. The van der Waals surface area contributed by atoms with Crippen LogP contribution in [0.15, 0.2) is 48.8 Å². The highest BCUT2D eigenvalue weighted by Gasteiger charge is 2.56. The number of hydrogen-bond acceptors (Lipinski definition) is 7. The van der Waals surface area contributed by atoms with Crippen LogP contribution in [-0.2, 0) is 22.1 Å². The first-order valence-electron chi connectivity index (χ1n) is 15.7. The lowest BCUT2D eigenvalue weighted by molar-refractivity contribution is -0.122. The number of ether oxygens (including phenoxy) is 1. The van der Waals surface area contributed by atoms with Crippen molar-refractivity contribution in [2.75, 3.05) is 43.5 Å². The fourth-order valence-corrected chi connectivity index (χ4v) is 8.09. The number of benzene rings is 2. The number of aryl methyl sites for hydroxylation is 1. The third-order valence-corrected chi connectivity index (χ3v) is 10.6. The number of fused-ring (bicyclic) bond motifs is 6. The first-order chi connectivity index (χ1) is 22.3. The van der Waals surface area contributed by atoms with Gasteiger partial charge in [-0.2, -0.15) is 10.4 Å². The van der Waals surface area contributed by atoms with Crippen molar-refractivity contribution in [3.05, 3.63) is 54.4 Å². The van der Waals surface area contributed by atoms with Gasteiger partial charge in [0, 0.05) is 61.1 Å². The molecule has 5 aromatic rings. The van der Waals surface area contributed by atoms with Crippen molar-refractivity contribution < 1.29 is 14.3 Å². The Hall–Kier alpha value is -5.21. The molecule has 2 N–H and O–H groups in total. The highest BCUT2D eigenvalue weighted by Crippen LogP contribution is 2.55. The van der Waals surface area contributed by atoms with Gasteiger partial charge in [0.05, 0.1) is 46.5 Å². The average molecular weight is 613 g/mol. The fraction of sp³-hybridized carbons (Fsp3) is 0.343. The molecule has 2 fully saturated rings. The van der Waals surface area contributed by atoms with E-state index in [0.29, 0.717) is 36.5 Å². The van der Waals surface area contributed by atoms with E-state index in [4.69, 9.17) is 9.72 Å². The monoisotopic (exact) mass is 612 g/mol. The number of aromatic amines is 1. The van der Waals surface area contributed by atoms with Gasteiger partial charge < -0.3 is 24.8 Å². The predicted molar refractivity (Wildman–Crippen MR) is 173 cm³/mol. The number of nitrogens with one attached hydrogen (secondary N) is 2. The second kappa shape index (κ2) is 9.40. The van der Waals surface area contributed by atoms with E-state index in [2.05, 4.69) is 44.6 Å². The molecule has 230 valence electrons. The summed E-state index contributed by atoms with van der Waals surface area (Å²) >= 11 is 0. The zero-order chi connectivity index (χ0) is 31.4. The van der Waals surface area contributed by atoms with Crippen LogP contribution >= 0.6 is 0 Å². The number of carbonyl (C=O) groups excluding carboxylic acids is 2. The van der Waals surface area contributed by atoms with Gasteiger partial charge in [-0.25, -0.2) is 4.98 Å². The molecule has 11 nitrogen and oxygen atoms in total. The van der Waals surface area contributed by atoms with Gasteiger partial charge in [-0.3, -0.25) is 14.3 Å². The van der Waals surface area contributed by atoms with Crippen LogP contribution in [0.1, 0.15) is 31.2 Å². The van der Waals surface area contributed by atoms with Crippen LogP contribution in [0.5, 0.6) is 5.75 Å². The number of nitrogens with zero attached hydrogens (tertiary/aromatic N) is 6. The van der Waals surface area contributed by atoms with Crippen LogP contribution in [0.25, 0.3) is 44.3 Å². The Balaban J connectivity index is 1.27. The highest BCUT2D eigenvalue weighted by atomic mass is 16.5. The van der Waals surface area contributed by atoms with Crippen LogP contribution in [0, 0.1) is 16.7 Å². The molecule has 9 rings (SSSR count). The Morgan fingerprint density at radius 3 is 2.74 bits per heavy atom. The number of amides is 2. The molecule has 11 heteroatoms. The van der Waals surface area contributed by atoms with E-state index in [9.17, 15) is 14.9 Å². The largest absolute Gasteiger partial charge is 0.482 e. The normalized spacial score (nSPS) is 21.5. The number of likely N-dealkylation sites (N-methyl/N-ethyl adjacent to an activating group) is 1. The number of aromatic nitrogens is 4. The maximum absolute atomic E-state index is 14.3. The SMILES string of the molecule is CN1C(=O)C2(CCN(CC3(CC#N)CC3)C2)c2c1cnc1[nH]c(-c3ccc4c(c3)OCC(=O)N4)c(-c3ccc4c(cnn4C)c3)c21. The zero-order valence-electron chi connectivity index (χ0n) is 25.7. The molecular weight excluding hydrogens is 580 g/mol. The maximum Gasteiger partial charge on any atom is 0.262 e. The molecule has 6 heterocycles. The molecule has 0 bridgehead atoms. The molecule has 0 radical (unpaired) electrons. The van der Waals surface area contributed by atoms with Gasteiger partial charge in [0.15, 0.2) is 6.61 Å². The van der Waals surface area contributed by atoms with Crippen LogP contribution in [0.2, 0.25) is 0 Å². The molecule has 1 spiro atoms. The number of rotatable bonds is 5. The molecule has 4 aliphatic rings. The Morgan fingerprint density at radius 2 is 1.91 bits per heavy atom. The van der Waals surface area contributed by atoms with E-state index in [1.54, 1.807) is 4.90 Å². The first kappa shape index (κ1) is 27.1. The molecule has 3 aliphatic heterocycles. The van der Waals surface area contributed by atoms with Crippen LogP contribution < -0.4 is 15.0 Å². The van der Waals surface area contributed by atoms with Crippen molar-refractivity contribution in [2.24, 2.45) is 12.5 Å². The minimum absolute atomic E-state index is 0.0358. The van der Waals surface area contributed by atoms with Crippen molar-refractivity contribution in [3.8, 4) is 34.2 Å². The molecule has 1 saturated carbocycles. The number of anilines is 2. The Morgan fingerprint density at radius 1 is 1.07 bits per heavy atom. The van der Waals surface area contributed by atoms with Crippen LogP contribution in [-0.4, -0.2) is 69.8 Å². The van der Waals surface area contributed by atoms with E-state index in [1.165, 1.54) is 0 Å². The summed E-state index contributed by atoms with van der Waals surface area (Å²) in [5, 5.41) is 18.8. The van der Waals surface area contributed by atoms with Gasteiger partial charge in [-0.15, -0.1) is 0 Å². The first-order valence-corrected chi connectivity index (χ1v) is 15.7. The standard InChI is InChI=1S/C35H32N8O3/c1-41-25-16-37-32-29(30(25)35(33(41)45)10-12-43(19-35)18-34(7-8-34)9-11-36)28(20-4-6-24-22(13-20)15-38-42(24)2)31(40-32)21-3-5-23-26(14-21)46-17-27(44)39-23/h3-6,13-16H,7-10,12,17-19H2,1-2H3,(H,37,40)(H,39,44). The molecule has 1 aliphatic carbocycles. The molecule has 3 aromatic heterocycles. The van der Waals surface area contributed by atoms with E-state index < -0.39 is 5.41 Å². The van der Waals surface area contributed by atoms with Gasteiger partial charge in [0.2, 0.25) is 5.91 Å². The number of carbonyl (C=O) groups is 2. The summed E-state index contributed by atoms with van der Waals surface area (Å²) in [6, 6.07) is 14.5. The van der Waals surface area contributed by atoms with Crippen molar-refractivity contribution >= 4 is 45.1 Å². The van der Waals surface area contributed by atoms with Crippen molar-refractivity contribution in [1.29, 1.82) is 5.26 Å². The van der Waals surface area contributed by atoms with Crippen LogP contribution in [0.4, 0.5) is 11.4 Å². The Labute approximate surface area is 264 Å². The van der Waals surface area contributed by atoms with E-state index in [1.807, 2.05) is 49.4 Å². The number of hydrogen-bond donors (Lipinski definition) is 2. The van der Waals surface area contributed by atoms with Gasteiger partial charge in [0.1, 0.15) is 11.4 Å². The lowest BCUT2D eigenvalue weighted by Gasteiger charge is -2.26. The fourth-order valence-electron chi connectivity index (χ4n) is 8.09. The number of H-pyrrole nitrogens is 1. The summed E-state index contributed by atoms with van der Waals surface area (Å²) in [4.78, 5) is 39.0. The van der Waals surface area contributed by atoms with Gasteiger partial charge in [-0.05, 0) is 61.1 Å². The smallest absolute Gasteiger partial charge is 0.262 e. The molecular formula is C35H32N8O3. The van der Waals surface area contributed by atoms with Gasteiger partial charge in [0.25, 0.3) is 5.91 Å². The number of likely N-dealkylation sites (tertiary alicyclic amines) is 1. The molecule has 1 atom stereocenters. The number of pyridine rings is 1. The topological polar surface area (TPSA) is 132 Å². The summed E-state index contributed by atoms with van der Waals surface area (Å²) in [6.07, 6.45) is 7.10. The quantitative estimate of drug-likeness (QED) is 0.293. The Bertz CT molecular complexity index is 2190. The van der Waals surface area contributed by atoms with Gasteiger partial charge in [-0.1, -0.05) is 12.1 Å². The maximum atomic E-state index is 14.3. The predicted octanol–water partition coefficient (Wildman–Crippen LogP) is 4.73. The van der Waals surface area contributed by atoms with Crippen molar-refractivity contribution in [1.82, 2.24) is 24.6 Å². The highest BCUT2D eigenvalue weighted by molar-refractivity contribution is 6.17. The summed E-state index contributed by atoms with van der Waals surface area (Å²) < 4.78 is 7.66. The number of nitriles is 1. The van der Waals surface area contributed by atoms with Crippen LogP contribution in [0.3, 0.4) is 0 Å². The second-order valence-electron chi connectivity index (χ2n) is 13.4. The lowest BCUT2D eigenvalue weighted by atomic mass is 9.78. The molecule has 46 heavy (non-hydrogen) atoms. The Kier molecular flexibility index (Phi) is 5.55. The summed E-state index contributed by atoms with van der Waals surface area (Å²) in [6.45, 7) is 2.23. The zero-order valence-corrected chi connectivity index (χ0v) is 25.7. The summed E-state index contributed by atoms with van der Waals surface area (Å²) in [5.74, 6) is 0.520. The summed E-state index contributed by atoms with van der Waals surface area (Å²) in [7, 11) is 3.79. The minimum atomic E-state index is -0.718. The molecule has 1 unspecified atom stereocenters.